The number of hydrogen-bond acceptors (Lipinski definition) is 6. The Morgan fingerprint density at radius 2 is 1.88 bits per heavy atom. The molecule has 7 heteroatoms. The zero-order chi connectivity index (χ0) is 18.5. The minimum Gasteiger partial charge on any atom is -0.465 e. The number of amides is 1. The molecule has 0 radical (unpaired) electrons. The third-order valence-corrected chi connectivity index (χ3v) is 4.28. The summed E-state index contributed by atoms with van der Waals surface area (Å²) in [6, 6.07) is 8.32. The molecule has 2 heterocycles. The number of rotatable bonds is 4. The predicted molar refractivity (Wildman–Crippen MR) is 98.6 cm³/mol. The highest BCUT2D eigenvalue weighted by atomic mass is 16.5. The van der Waals surface area contributed by atoms with Crippen LogP contribution in [-0.4, -0.2) is 42.0 Å². The maximum absolute atomic E-state index is 12.6. The van der Waals surface area contributed by atoms with E-state index < -0.39 is 5.97 Å². The number of benzene rings is 1. The second-order valence-electron chi connectivity index (χ2n) is 6.23. The third-order valence-electron chi connectivity index (χ3n) is 4.28. The van der Waals surface area contributed by atoms with E-state index in [4.69, 9.17) is 4.74 Å². The van der Waals surface area contributed by atoms with Crippen molar-refractivity contribution in [3.05, 3.63) is 47.4 Å². The number of carbonyl (C=O) groups is 2. The Kier molecular flexibility index (Phi) is 5.46. The molecule has 7 nitrogen and oxygen atoms in total. The minimum absolute atomic E-state index is 0.307. The smallest absolute Gasteiger partial charge is 0.337 e. The molecule has 1 aliphatic rings. The maximum Gasteiger partial charge on any atom is 0.337 e. The van der Waals surface area contributed by atoms with Gasteiger partial charge in [-0.1, -0.05) is 6.07 Å². The topological polar surface area (TPSA) is 84.4 Å². The Morgan fingerprint density at radius 1 is 1.12 bits per heavy atom. The van der Waals surface area contributed by atoms with E-state index in [1.54, 1.807) is 37.3 Å². The molecule has 1 aliphatic heterocycles. The average molecular weight is 354 g/mol. The fraction of sp³-hybridized carbons (Fsp3) is 0.368. The molecule has 26 heavy (non-hydrogen) atoms. The highest BCUT2D eigenvalue weighted by molar-refractivity contribution is 6.04. The van der Waals surface area contributed by atoms with Crippen LogP contribution in [-0.2, 0) is 4.74 Å². The predicted octanol–water partition coefficient (Wildman–Crippen LogP) is 2.81. The monoisotopic (exact) mass is 354 g/mol. The molecule has 1 aromatic carbocycles. The Hall–Kier alpha value is -2.96. The molecule has 136 valence electrons. The lowest BCUT2D eigenvalue weighted by atomic mass is 10.1. The van der Waals surface area contributed by atoms with E-state index in [1.165, 1.54) is 13.5 Å². The Bertz CT molecular complexity index is 816. The quantitative estimate of drug-likeness (QED) is 0.850. The molecule has 0 unspecified atom stereocenters. The van der Waals surface area contributed by atoms with Gasteiger partial charge in [0.2, 0.25) is 0 Å². The van der Waals surface area contributed by atoms with Gasteiger partial charge in [0.15, 0.2) is 0 Å². The molecule has 1 aromatic heterocycles. The normalized spacial score (nSPS) is 14.0. The van der Waals surface area contributed by atoms with Gasteiger partial charge in [0.1, 0.15) is 17.3 Å². The van der Waals surface area contributed by atoms with E-state index in [0.29, 0.717) is 22.8 Å². The lowest BCUT2D eigenvalue weighted by Gasteiger charge is -2.28. The van der Waals surface area contributed by atoms with E-state index >= 15 is 0 Å². The number of hydrogen-bond donors (Lipinski definition) is 1. The van der Waals surface area contributed by atoms with Gasteiger partial charge >= 0.3 is 5.97 Å². The Balaban J connectivity index is 1.79. The Labute approximate surface area is 152 Å². The first kappa shape index (κ1) is 17.8. The minimum atomic E-state index is -0.452. The lowest BCUT2D eigenvalue weighted by molar-refractivity contribution is 0.0600. The van der Waals surface area contributed by atoms with Gasteiger partial charge in [-0.25, -0.2) is 14.8 Å². The highest BCUT2D eigenvalue weighted by Crippen LogP contribution is 2.19. The number of esters is 1. The number of anilines is 2. The van der Waals surface area contributed by atoms with Crippen molar-refractivity contribution in [2.45, 2.75) is 26.2 Å². The maximum atomic E-state index is 12.6. The molecular weight excluding hydrogens is 332 g/mol. The van der Waals surface area contributed by atoms with Crippen molar-refractivity contribution in [2.24, 2.45) is 0 Å². The van der Waals surface area contributed by atoms with Gasteiger partial charge in [-0.05, 0) is 44.4 Å². The van der Waals surface area contributed by atoms with Crippen LogP contribution in [0.1, 0.15) is 45.9 Å². The number of carbonyl (C=O) groups excluding carboxylic acids is 2. The van der Waals surface area contributed by atoms with Crippen molar-refractivity contribution >= 4 is 23.4 Å². The van der Waals surface area contributed by atoms with E-state index in [-0.39, 0.29) is 5.91 Å². The number of aromatic nitrogens is 2. The van der Waals surface area contributed by atoms with E-state index in [0.717, 1.165) is 31.7 Å². The number of aryl methyl sites for hydroxylation is 1. The van der Waals surface area contributed by atoms with Gasteiger partial charge in [0, 0.05) is 24.8 Å². The van der Waals surface area contributed by atoms with Crippen LogP contribution in [0, 0.1) is 6.92 Å². The van der Waals surface area contributed by atoms with Crippen LogP contribution >= 0.6 is 0 Å². The second-order valence-corrected chi connectivity index (χ2v) is 6.23. The van der Waals surface area contributed by atoms with E-state index in [1.807, 2.05) is 0 Å². The molecule has 0 saturated carbocycles. The van der Waals surface area contributed by atoms with E-state index in [9.17, 15) is 9.59 Å². The van der Waals surface area contributed by atoms with Gasteiger partial charge < -0.3 is 15.0 Å². The molecule has 1 amide bonds. The van der Waals surface area contributed by atoms with Crippen molar-refractivity contribution in [1.82, 2.24) is 9.97 Å². The van der Waals surface area contributed by atoms with Crippen molar-refractivity contribution in [2.75, 3.05) is 30.4 Å². The van der Waals surface area contributed by atoms with Crippen molar-refractivity contribution in [1.29, 1.82) is 0 Å². The molecule has 0 aliphatic carbocycles. The Morgan fingerprint density at radius 3 is 2.62 bits per heavy atom. The molecule has 3 rings (SSSR count). The van der Waals surface area contributed by atoms with Crippen molar-refractivity contribution in [3.63, 3.8) is 0 Å². The van der Waals surface area contributed by atoms with Crippen molar-refractivity contribution in [3.8, 4) is 0 Å². The fourth-order valence-corrected chi connectivity index (χ4v) is 2.99. The largest absolute Gasteiger partial charge is 0.465 e. The van der Waals surface area contributed by atoms with Gasteiger partial charge in [0.25, 0.3) is 5.91 Å². The molecular formula is C19H22N4O3. The van der Waals surface area contributed by atoms with E-state index in [2.05, 4.69) is 20.2 Å². The number of nitrogens with zero attached hydrogens (tertiary/aromatic N) is 3. The summed E-state index contributed by atoms with van der Waals surface area (Å²) < 4.78 is 4.70. The van der Waals surface area contributed by atoms with Crippen molar-refractivity contribution < 1.29 is 14.3 Å². The van der Waals surface area contributed by atoms with Crippen LogP contribution in [0.25, 0.3) is 0 Å². The summed E-state index contributed by atoms with van der Waals surface area (Å²) in [5.41, 5.74) is 1.19. The molecule has 0 atom stereocenters. The summed E-state index contributed by atoms with van der Waals surface area (Å²) >= 11 is 0. The van der Waals surface area contributed by atoms with Crippen LogP contribution < -0.4 is 10.2 Å². The highest BCUT2D eigenvalue weighted by Gasteiger charge is 2.17. The second kappa shape index (κ2) is 7.95. The summed E-state index contributed by atoms with van der Waals surface area (Å²) in [5.74, 6) is 0.550. The number of nitrogens with one attached hydrogen (secondary N) is 1. The fourth-order valence-electron chi connectivity index (χ4n) is 2.99. The number of ether oxygens (including phenoxy) is 1. The summed E-state index contributed by atoms with van der Waals surface area (Å²) in [4.78, 5) is 35.2. The van der Waals surface area contributed by atoms with Crippen LogP contribution in [0.15, 0.2) is 30.3 Å². The molecule has 2 aromatic rings. The molecule has 0 spiro atoms. The summed E-state index contributed by atoms with van der Waals surface area (Å²) in [5, 5.41) is 2.78. The zero-order valence-corrected chi connectivity index (χ0v) is 15.0. The molecule has 1 fully saturated rings. The first-order valence-corrected chi connectivity index (χ1v) is 8.67. The van der Waals surface area contributed by atoms with Gasteiger partial charge in [0.05, 0.1) is 12.7 Å². The SMILES string of the molecule is COC(=O)c1cccc(NC(=O)c2cc(N3CCCCC3)nc(C)n2)c1. The van der Waals surface area contributed by atoms with Gasteiger partial charge in [-0.15, -0.1) is 0 Å². The first-order valence-electron chi connectivity index (χ1n) is 8.67. The van der Waals surface area contributed by atoms with Crippen LogP contribution in [0.5, 0.6) is 0 Å². The van der Waals surface area contributed by atoms with Crippen LogP contribution in [0.2, 0.25) is 0 Å². The van der Waals surface area contributed by atoms with Crippen LogP contribution in [0.4, 0.5) is 11.5 Å². The molecule has 1 saturated heterocycles. The third kappa shape index (κ3) is 4.17. The van der Waals surface area contributed by atoms with Crippen LogP contribution in [0.3, 0.4) is 0 Å². The van der Waals surface area contributed by atoms with Gasteiger partial charge in [-0.3, -0.25) is 4.79 Å². The van der Waals surface area contributed by atoms with Gasteiger partial charge in [-0.2, -0.15) is 0 Å². The summed E-state index contributed by atoms with van der Waals surface area (Å²) in [6.45, 7) is 3.67. The number of methoxy groups -OCH3 is 1. The average Bonchev–Trinajstić information content (AvgIpc) is 2.67. The summed E-state index contributed by atoms with van der Waals surface area (Å²) in [6.07, 6.45) is 3.49. The summed E-state index contributed by atoms with van der Waals surface area (Å²) in [7, 11) is 1.32. The molecule has 0 bridgehead atoms. The zero-order valence-electron chi connectivity index (χ0n) is 15.0. The lowest BCUT2D eigenvalue weighted by Crippen LogP contribution is -2.31. The number of piperidine rings is 1. The molecule has 1 N–H and O–H groups in total. The first-order chi connectivity index (χ1) is 12.6. The standard InChI is InChI=1S/C19H22N4O3/c1-13-20-16(12-17(21-13)23-9-4-3-5-10-23)18(24)22-15-8-6-7-14(11-15)19(25)26-2/h6-8,11-12H,3-5,9-10H2,1-2H3,(H,22,24).